The van der Waals surface area contributed by atoms with Gasteiger partial charge in [-0.1, -0.05) is 23.8 Å². The number of primary amides is 1. The molecule has 0 bridgehead atoms. The number of nitrogens with zero attached hydrogens (tertiary/aromatic N) is 4. The Kier molecular flexibility index (Phi) is 7.23. The zero-order chi connectivity index (χ0) is 25.8. The molecule has 3 aromatic rings. The second-order valence-electron chi connectivity index (χ2n) is 8.90. The summed E-state index contributed by atoms with van der Waals surface area (Å²) < 4.78 is 25.9. The molecule has 5 rings (SSSR count). The second kappa shape index (κ2) is 10.9. The number of morpholine rings is 1. The molecule has 9 heteroatoms. The third-order valence-corrected chi connectivity index (χ3v) is 6.68. The third-order valence-electron chi connectivity index (χ3n) is 6.68. The summed E-state index contributed by atoms with van der Waals surface area (Å²) in [4.78, 5) is 28.0. The van der Waals surface area contributed by atoms with Crippen molar-refractivity contribution < 1.29 is 18.7 Å². The van der Waals surface area contributed by atoms with Gasteiger partial charge in [0.25, 0.3) is 0 Å². The van der Waals surface area contributed by atoms with E-state index in [1.165, 1.54) is 12.4 Å². The summed E-state index contributed by atoms with van der Waals surface area (Å²) in [5.74, 6) is -1.16. The molecule has 1 aromatic heterocycles. The Morgan fingerprint density at radius 1 is 1.14 bits per heavy atom. The van der Waals surface area contributed by atoms with Gasteiger partial charge in [-0.05, 0) is 42.3 Å². The van der Waals surface area contributed by atoms with E-state index < -0.39 is 17.6 Å². The van der Waals surface area contributed by atoms with Gasteiger partial charge in [0.1, 0.15) is 12.1 Å². The summed E-state index contributed by atoms with van der Waals surface area (Å²) >= 11 is 0. The highest BCUT2D eigenvalue weighted by atomic mass is 19.1. The number of benzene rings is 2. The first-order chi connectivity index (χ1) is 18.0. The number of hydrogen-bond acceptors (Lipinski definition) is 7. The van der Waals surface area contributed by atoms with E-state index in [-0.39, 0.29) is 5.56 Å². The minimum absolute atomic E-state index is 0.288. The molecule has 190 valence electrons. The van der Waals surface area contributed by atoms with Crippen molar-refractivity contribution in [3.63, 3.8) is 0 Å². The van der Waals surface area contributed by atoms with Crippen LogP contribution in [0.3, 0.4) is 0 Å². The lowest BCUT2D eigenvalue weighted by atomic mass is 9.86. The molecule has 0 radical (unpaired) electrons. The van der Waals surface area contributed by atoms with E-state index in [2.05, 4.69) is 19.9 Å². The average molecular weight is 502 g/mol. The van der Waals surface area contributed by atoms with Crippen LogP contribution < -0.4 is 10.6 Å². The standard InChI is InChI=1S/C28H28FN5O3/c1-36-25-9-5-18(3-2-10-31-25)26(28(30)35)19-4-8-23(29)22(15-19)27-21-7-6-20(16-24(21)32-17-33-27)34-11-13-37-14-12-34/h2,4-8,10,15-17,26H,3,9,11-14H2,1H3,(H2,30,35)/b10-2+,18-5+,31-25?. The summed E-state index contributed by atoms with van der Waals surface area (Å²) in [5.41, 5.74) is 9.75. The van der Waals surface area contributed by atoms with Crippen molar-refractivity contribution in [3.8, 4) is 11.3 Å². The lowest BCUT2D eigenvalue weighted by Gasteiger charge is -2.29. The molecular weight excluding hydrogens is 473 g/mol. The van der Waals surface area contributed by atoms with Crippen molar-refractivity contribution in [1.82, 2.24) is 9.97 Å². The average Bonchev–Trinajstić information content (AvgIpc) is 2.91. The van der Waals surface area contributed by atoms with Gasteiger partial charge in [0.15, 0.2) is 5.90 Å². The molecule has 2 N–H and O–H groups in total. The van der Waals surface area contributed by atoms with Crippen LogP contribution in [-0.4, -0.2) is 55.2 Å². The van der Waals surface area contributed by atoms with Gasteiger partial charge in [-0.2, -0.15) is 0 Å². The van der Waals surface area contributed by atoms with Crippen LogP contribution in [0.15, 0.2) is 71.6 Å². The predicted octanol–water partition coefficient (Wildman–Crippen LogP) is 4.12. The molecule has 0 aliphatic carbocycles. The van der Waals surface area contributed by atoms with Crippen LogP contribution in [0.25, 0.3) is 22.2 Å². The number of hydrogen-bond donors (Lipinski definition) is 1. The van der Waals surface area contributed by atoms with Crippen molar-refractivity contribution in [1.29, 1.82) is 0 Å². The van der Waals surface area contributed by atoms with E-state index in [0.29, 0.717) is 48.7 Å². The van der Waals surface area contributed by atoms with Crippen LogP contribution in [0.2, 0.25) is 0 Å². The van der Waals surface area contributed by atoms with Crippen molar-refractivity contribution in [2.45, 2.75) is 18.8 Å². The first-order valence-electron chi connectivity index (χ1n) is 12.2. The zero-order valence-corrected chi connectivity index (χ0v) is 20.6. The number of fused-ring (bicyclic) bond motifs is 1. The maximum atomic E-state index is 15.2. The molecule has 37 heavy (non-hydrogen) atoms. The van der Waals surface area contributed by atoms with Crippen molar-refractivity contribution in [2.75, 3.05) is 38.3 Å². The molecular formula is C28H28FN5O3. The smallest absolute Gasteiger partial charge is 0.229 e. The van der Waals surface area contributed by atoms with Gasteiger partial charge >= 0.3 is 0 Å². The fourth-order valence-corrected chi connectivity index (χ4v) is 4.79. The molecule has 1 amide bonds. The van der Waals surface area contributed by atoms with Gasteiger partial charge in [-0.15, -0.1) is 0 Å². The number of halogens is 1. The number of aromatic nitrogens is 2. The van der Waals surface area contributed by atoms with Gasteiger partial charge < -0.3 is 20.1 Å². The van der Waals surface area contributed by atoms with E-state index in [1.807, 2.05) is 30.4 Å². The lowest BCUT2D eigenvalue weighted by Crippen LogP contribution is -2.36. The number of ether oxygens (including phenoxy) is 2. The minimum Gasteiger partial charge on any atom is -0.484 e. The van der Waals surface area contributed by atoms with Gasteiger partial charge in [0.2, 0.25) is 5.91 Å². The Hall–Kier alpha value is -4.11. The Morgan fingerprint density at radius 2 is 1.97 bits per heavy atom. The quantitative estimate of drug-likeness (QED) is 0.528. The SMILES string of the molecule is COC1=N/C=C/C/C(C(C(N)=O)c2ccc(F)c(-c3ncnc4cc(N5CCOCC5)ccc34)c2)=C\C1. The molecule has 3 heterocycles. The molecule has 1 unspecified atom stereocenters. The molecule has 0 spiro atoms. The monoisotopic (exact) mass is 501 g/mol. The molecule has 2 aliphatic rings. The predicted molar refractivity (Wildman–Crippen MR) is 141 cm³/mol. The van der Waals surface area contributed by atoms with E-state index >= 15 is 4.39 Å². The Morgan fingerprint density at radius 3 is 2.76 bits per heavy atom. The van der Waals surface area contributed by atoms with Crippen LogP contribution in [0.1, 0.15) is 24.3 Å². The number of carbonyl (C=O) groups is 1. The summed E-state index contributed by atoms with van der Waals surface area (Å²) in [5, 5.41) is 0.722. The maximum Gasteiger partial charge on any atom is 0.229 e. The van der Waals surface area contributed by atoms with Crippen molar-refractivity contribution >= 4 is 28.4 Å². The number of amides is 1. The van der Waals surface area contributed by atoms with Crippen molar-refractivity contribution in [3.05, 3.63) is 78.0 Å². The van der Waals surface area contributed by atoms with E-state index in [9.17, 15) is 4.79 Å². The Balaban J connectivity index is 1.54. The second-order valence-corrected chi connectivity index (χ2v) is 8.90. The summed E-state index contributed by atoms with van der Waals surface area (Å²) in [6, 6.07) is 10.5. The third kappa shape index (κ3) is 5.22. The zero-order valence-electron chi connectivity index (χ0n) is 20.6. The minimum atomic E-state index is -0.735. The molecule has 1 fully saturated rings. The highest BCUT2D eigenvalue weighted by molar-refractivity contribution is 5.94. The number of allylic oxidation sites excluding steroid dienone is 1. The van der Waals surface area contributed by atoms with Gasteiger partial charge in [0, 0.05) is 42.3 Å². The molecule has 0 saturated carbocycles. The Bertz CT molecular complexity index is 1410. The van der Waals surface area contributed by atoms with Crippen LogP contribution in [-0.2, 0) is 14.3 Å². The fourth-order valence-electron chi connectivity index (χ4n) is 4.79. The van der Waals surface area contributed by atoms with Gasteiger partial charge in [-0.3, -0.25) is 4.79 Å². The molecule has 1 atom stereocenters. The van der Waals surface area contributed by atoms with E-state index in [1.54, 1.807) is 25.4 Å². The van der Waals surface area contributed by atoms with Crippen LogP contribution in [0, 0.1) is 5.82 Å². The first-order valence-corrected chi connectivity index (χ1v) is 12.2. The van der Waals surface area contributed by atoms with Crippen LogP contribution in [0.5, 0.6) is 0 Å². The van der Waals surface area contributed by atoms with Crippen LogP contribution >= 0.6 is 0 Å². The summed E-state index contributed by atoms with van der Waals surface area (Å²) in [6.45, 7) is 2.96. The van der Waals surface area contributed by atoms with E-state index in [0.717, 1.165) is 29.7 Å². The Labute approximate surface area is 214 Å². The number of carbonyl (C=O) groups excluding carboxylic acids is 1. The number of nitrogens with two attached hydrogens (primary N) is 1. The fraction of sp³-hybridized carbons (Fsp3) is 0.286. The molecule has 1 saturated heterocycles. The molecule has 2 aromatic carbocycles. The molecule has 2 aliphatic heterocycles. The first kappa shape index (κ1) is 24.6. The van der Waals surface area contributed by atoms with Crippen molar-refractivity contribution in [2.24, 2.45) is 10.7 Å². The topological polar surface area (TPSA) is 103 Å². The number of aliphatic imine (C=N–C) groups is 1. The maximum absolute atomic E-state index is 15.2. The van der Waals surface area contributed by atoms with E-state index in [4.69, 9.17) is 15.2 Å². The summed E-state index contributed by atoms with van der Waals surface area (Å²) in [6.07, 6.45) is 7.74. The van der Waals surface area contributed by atoms with Gasteiger partial charge in [0.05, 0.1) is 37.5 Å². The number of anilines is 1. The highest BCUT2D eigenvalue weighted by Crippen LogP contribution is 2.35. The summed E-state index contributed by atoms with van der Waals surface area (Å²) in [7, 11) is 1.55. The number of rotatable bonds is 5. The molecule has 8 nitrogen and oxygen atoms in total. The largest absolute Gasteiger partial charge is 0.484 e. The van der Waals surface area contributed by atoms with Crippen LogP contribution in [0.4, 0.5) is 10.1 Å². The lowest BCUT2D eigenvalue weighted by molar-refractivity contribution is -0.118. The van der Waals surface area contributed by atoms with Gasteiger partial charge in [-0.25, -0.2) is 19.4 Å². The highest BCUT2D eigenvalue weighted by Gasteiger charge is 2.25. The number of methoxy groups -OCH3 is 1. The normalized spacial score (nSPS) is 19.2.